The van der Waals surface area contributed by atoms with Gasteiger partial charge in [-0.15, -0.1) is 0 Å². The van der Waals surface area contributed by atoms with Gasteiger partial charge in [0.15, 0.2) is 0 Å². The fourth-order valence-corrected chi connectivity index (χ4v) is 10.6. The molecule has 0 spiro atoms. The highest BCUT2D eigenvalue weighted by Gasteiger charge is 2.31. The highest BCUT2D eigenvalue weighted by atomic mass is 15.2. The van der Waals surface area contributed by atoms with E-state index in [2.05, 4.69) is 213 Å². The number of benzene rings is 8. The molecule has 0 radical (unpaired) electrons. The van der Waals surface area contributed by atoms with Crippen LogP contribution in [0.2, 0.25) is 0 Å². The van der Waals surface area contributed by atoms with Crippen molar-refractivity contribution in [2.24, 2.45) is 0 Å². The Kier molecular flexibility index (Phi) is 6.69. The third-order valence-corrected chi connectivity index (χ3v) is 13.6. The number of aromatic nitrogens is 3. The maximum absolute atomic E-state index is 5.61. The molecule has 0 atom stereocenters. The minimum absolute atomic E-state index is 0.0867. The Labute approximate surface area is 353 Å². The van der Waals surface area contributed by atoms with E-state index in [-0.39, 0.29) is 10.8 Å². The van der Waals surface area contributed by atoms with E-state index in [9.17, 15) is 0 Å². The van der Waals surface area contributed by atoms with Gasteiger partial charge in [-0.3, -0.25) is 4.40 Å². The summed E-state index contributed by atoms with van der Waals surface area (Å²) in [6.07, 6.45) is 2.16. The van der Waals surface area contributed by atoms with E-state index in [1.165, 1.54) is 97.8 Å². The van der Waals surface area contributed by atoms with Crippen molar-refractivity contribution in [1.29, 1.82) is 0 Å². The molecule has 8 aromatic carbocycles. The summed E-state index contributed by atoms with van der Waals surface area (Å²) < 4.78 is 5.03. The van der Waals surface area contributed by atoms with E-state index in [1.807, 2.05) is 0 Å². The molecule has 5 aromatic heterocycles. The van der Waals surface area contributed by atoms with Crippen molar-refractivity contribution in [2.45, 2.75) is 52.4 Å². The Morgan fingerprint density at radius 3 is 1.62 bits per heavy atom. The average molecular weight is 785 g/mol. The van der Waals surface area contributed by atoms with Gasteiger partial charge in [-0.05, 0) is 110 Å². The molecule has 0 saturated carbocycles. The van der Waals surface area contributed by atoms with Crippen molar-refractivity contribution in [3.8, 4) is 0 Å². The quantitative estimate of drug-likeness (QED) is 0.178. The molecule has 13 aromatic rings. The first-order valence-corrected chi connectivity index (χ1v) is 21.6. The Morgan fingerprint density at radius 2 is 0.951 bits per heavy atom. The molecule has 0 fully saturated rings. The van der Waals surface area contributed by atoms with Crippen LogP contribution >= 0.6 is 0 Å². The number of hydrogen-bond acceptors (Lipinski definition) is 2. The van der Waals surface area contributed by atoms with Gasteiger partial charge in [0.1, 0.15) is 5.65 Å². The molecule has 0 N–H and O–H groups in total. The van der Waals surface area contributed by atoms with Crippen molar-refractivity contribution >= 4 is 115 Å². The Balaban J connectivity index is 1.28. The van der Waals surface area contributed by atoms with E-state index in [0.717, 1.165) is 28.2 Å². The molecule has 5 heterocycles. The average Bonchev–Trinajstić information content (AvgIpc) is 3.98. The lowest BCUT2D eigenvalue weighted by Crippen LogP contribution is -2.15. The molecule has 0 aliphatic rings. The van der Waals surface area contributed by atoms with E-state index < -0.39 is 0 Å². The topological polar surface area (TPSA) is 24.9 Å². The monoisotopic (exact) mass is 784 g/mol. The number of fused-ring (bicyclic) bond motifs is 16. The molecular formula is C57H44N4. The second-order valence-electron chi connectivity index (χ2n) is 19.3. The van der Waals surface area contributed by atoms with Crippen molar-refractivity contribution in [1.82, 2.24) is 13.8 Å². The predicted octanol–water partition coefficient (Wildman–Crippen LogP) is 15.8. The number of pyridine rings is 1. The van der Waals surface area contributed by atoms with Crippen LogP contribution in [0.25, 0.3) is 97.9 Å². The van der Waals surface area contributed by atoms with Crippen LogP contribution in [-0.4, -0.2) is 13.8 Å². The van der Waals surface area contributed by atoms with Crippen LogP contribution in [-0.2, 0) is 10.8 Å². The van der Waals surface area contributed by atoms with Crippen LogP contribution in [0.3, 0.4) is 0 Å². The SMILES string of the molecule is CC(C)(C)c1cc(N(c2ccccc2)c2ccccc2)c2c(c1)c1cc(C(C)(C)C)cc3c4c5c6cc7ccccc7c7c8cc9ccccc9cc8n(c5cnc4n2c13)c67. The van der Waals surface area contributed by atoms with Gasteiger partial charge < -0.3 is 9.30 Å². The molecule has 0 saturated heterocycles. The van der Waals surface area contributed by atoms with Gasteiger partial charge in [-0.25, -0.2) is 4.98 Å². The molecule has 292 valence electrons. The van der Waals surface area contributed by atoms with Crippen LogP contribution < -0.4 is 4.90 Å². The van der Waals surface area contributed by atoms with Crippen molar-refractivity contribution < 1.29 is 0 Å². The first kappa shape index (κ1) is 34.7. The summed E-state index contributed by atoms with van der Waals surface area (Å²) in [5.41, 5.74) is 12.9. The van der Waals surface area contributed by atoms with Crippen molar-refractivity contribution in [3.63, 3.8) is 0 Å². The summed E-state index contributed by atoms with van der Waals surface area (Å²) >= 11 is 0. The van der Waals surface area contributed by atoms with Crippen LogP contribution in [0.15, 0.2) is 158 Å². The molecule has 0 aliphatic carbocycles. The standard InChI is InChI=1S/C57H44N4/c1-56(2,3)36-28-41-42-29-37(57(4,5)6)31-47(59(38-20-9-7-10-21-38)39-22-11-8-12-23-39)53(42)61-52(41)45(30-36)51-50-44-26-35-19-15-16-24-40(35)49-43-25-33-17-13-14-18-34(33)27-46(43)60(54(44)49)48(50)32-58-55(51)61/h7-32H,1-6H3. The van der Waals surface area contributed by atoms with E-state index in [1.54, 1.807) is 0 Å². The van der Waals surface area contributed by atoms with Gasteiger partial charge in [-0.1, -0.05) is 126 Å². The molecular weight excluding hydrogens is 741 g/mol. The van der Waals surface area contributed by atoms with Gasteiger partial charge in [-0.2, -0.15) is 0 Å². The molecule has 0 amide bonds. The van der Waals surface area contributed by atoms with Crippen LogP contribution in [0.4, 0.5) is 17.1 Å². The number of anilines is 3. The van der Waals surface area contributed by atoms with E-state index in [0.29, 0.717) is 0 Å². The Hall–Kier alpha value is -7.17. The van der Waals surface area contributed by atoms with Gasteiger partial charge in [0.25, 0.3) is 0 Å². The lowest BCUT2D eigenvalue weighted by molar-refractivity contribution is 0.591. The summed E-state index contributed by atoms with van der Waals surface area (Å²) in [5, 5.41) is 15.2. The molecule has 0 unspecified atom stereocenters. The summed E-state index contributed by atoms with van der Waals surface area (Å²) in [5.74, 6) is 0. The maximum atomic E-state index is 5.61. The smallest absolute Gasteiger partial charge is 0.146 e. The number of hydrogen-bond donors (Lipinski definition) is 0. The van der Waals surface area contributed by atoms with Crippen molar-refractivity contribution in [2.75, 3.05) is 4.90 Å². The Morgan fingerprint density at radius 1 is 0.410 bits per heavy atom. The zero-order chi connectivity index (χ0) is 41.1. The van der Waals surface area contributed by atoms with Crippen LogP contribution in [0.1, 0.15) is 52.7 Å². The van der Waals surface area contributed by atoms with Gasteiger partial charge >= 0.3 is 0 Å². The maximum Gasteiger partial charge on any atom is 0.146 e. The lowest BCUT2D eigenvalue weighted by atomic mass is 9.84. The normalized spacial score (nSPS) is 13.1. The second-order valence-corrected chi connectivity index (χ2v) is 19.3. The van der Waals surface area contributed by atoms with Gasteiger partial charge in [0.05, 0.1) is 39.5 Å². The number of nitrogens with zero attached hydrogens (tertiary/aromatic N) is 4. The summed E-state index contributed by atoms with van der Waals surface area (Å²) in [4.78, 5) is 8.06. The molecule has 13 rings (SSSR count). The third-order valence-electron chi connectivity index (χ3n) is 13.6. The van der Waals surface area contributed by atoms with Gasteiger partial charge in [0, 0.05) is 54.5 Å². The molecule has 0 aliphatic heterocycles. The summed E-state index contributed by atoms with van der Waals surface area (Å²) in [6, 6.07) is 56.5. The first-order valence-electron chi connectivity index (χ1n) is 21.6. The fraction of sp³-hybridized carbons (Fsp3) is 0.140. The third kappa shape index (κ3) is 4.62. The van der Waals surface area contributed by atoms with Crippen LogP contribution in [0.5, 0.6) is 0 Å². The highest BCUT2D eigenvalue weighted by Crippen LogP contribution is 2.52. The molecule has 4 nitrogen and oxygen atoms in total. The largest absolute Gasteiger partial charge is 0.308 e. The minimum Gasteiger partial charge on any atom is -0.308 e. The predicted molar refractivity (Wildman–Crippen MR) is 261 cm³/mol. The number of para-hydroxylation sites is 2. The second kappa shape index (κ2) is 11.8. The molecule has 61 heavy (non-hydrogen) atoms. The Bertz CT molecular complexity index is 3890. The molecule has 0 bridgehead atoms. The lowest BCUT2D eigenvalue weighted by Gasteiger charge is -2.29. The zero-order valence-corrected chi connectivity index (χ0v) is 35.3. The fourth-order valence-electron chi connectivity index (χ4n) is 10.6. The van der Waals surface area contributed by atoms with E-state index >= 15 is 0 Å². The van der Waals surface area contributed by atoms with Gasteiger partial charge in [0.2, 0.25) is 0 Å². The molecule has 4 heteroatoms. The summed E-state index contributed by atoms with van der Waals surface area (Å²) in [7, 11) is 0. The van der Waals surface area contributed by atoms with Crippen LogP contribution in [0, 0.1) is 0 Å². The minimum atomic E-state index is -0.0923. The zero-order valence-electron chi connectivity index (χ0n) is 35.3. The number of rotatable bonds is 3. The highest BCUT2D eigenvalue weighted by molar-refractivity contribution is 6.38. The van der Waals surface area contributed by atoms with Crippen molar-refractivity contribution in [3.05, 3.63) is 169 Å². The van der Waals surface area contributed by atoms with E-state index in [4.69, 9.17) is 4.98 Å². The first-order chi connectivity index (χ1) is 29.5. The summed E-state index contributed by atoms with van der Waals surface area (Å²) in [6.45, 7) is 14.0.